The Bertz CT molecular complexity index is 506. The molecule has 2 aliphatic heterocycles. The van der Waals surface area contributed by atoms with Crippen LogP contribution in [0.25, 0.3) is 0 Å². The lowest BCUT2D eigenvalue weighted by Crippen LogP contribution is -2.52. The van der Waals surface area contributed by atoms with Gasteiger partial charge in [0.15, 0.2) is 0 Å². The highest BCUT2D eigenvalue weighted by Crippen LogP contribution is 2.23. The van der Waals surface area contributed by atoms with E-state index in [1.165, 1.54) is 5.56 Å². The van der Waals surface area contributed by atoms with Gasteiger partial charge in [-0.1, -0.05) is 30.3 Å². The van der Waals surface area contributed by atoms with Gasteiger partial charge < -0.3 is 14.4 Å². The van der Waals surface area contributed by atoms with Crippen molar-refractivity contribution in [3.8, 4) is 0 Å². The maximum Gasteiger partial charge on any atom is 0.240 e. The second-order valence-corrected chi connectivity index (χ2v) is 6.35. The van der Waals surface area contributed by atoms with E-state index in [-0.39, 0.29) is 18.1 Å². The van der Waals surface area contributed by atoms with Crippen molar-refractivity contribution in [2.75, 3.05) is 40.0 Å². The fourth-order valence-electron chi connectivity index (χ4n) is 3.53. The van der Waals surface area contributed by atoms with Crippen LogP contribution in [0.15, 0.2) is 30.3 Å². The zero-order chi connectivity index (χ0) is 16.1. The summed E-state index contributed by atoms with van der Waals surface area (Å²) < 4.78 is 10.8. The van der Waals surface area contributed by atoms with Crippen LogP contribution >= 0.6 is 0 Å². The van der Waals surface area contributed by atoms with Gasteiger partial charge in [0, 0.05) is 26.7 Å². The number of likely N-dealkylation sites (tertiary alicyclic amines) is 1. The second kappa shape index (κ2) is 7.90. The van der Waals surface area contributed by atoms with E-state index in [4.69, 9.17) is 9.47 Å². The molecule has 0 spiro atoms. The molecule has 2 saturated heterocycles. The summed E-state index contributed by atoms with van der Waals surface area (Å²) in [6.45, 7) is 4.32. The minimum absolute atomic E-state index is 0.00155. The molecule has 1 aromatic carbocycles. The smallest absolute Gasteiger partial charge is 0.240 e. The Hall–Kier alpha value is -1.43. The Balaban J connectivity index is 1.61. The summed E-state index contributed by atoms with van der Waals surface area (Å²) in [5.74, 6) is 0.253. The third-order valence-corrected chi connectivity index (χ3v) is 4.68. The van der Waals surface area contributed by atoms with E-state index < -0.39 is 0 Å². The lowest BCUT2D eigenvalue weighted by molar-refractivity contribution is -0.145. The summed E-state index contributed by atoms with van der Waals surface area (Å²) in [6, 6.07) is 10.4. The first-order chi connectivity index (χ1) is 11.3. The van der Waals surface area contributed by atoms with E-state index in [1.807, 2.05) is 11.0 Å². The minimum atomic E-state index is 0.00155. The fraction of sp³-hybridized carbons (Fsp3) is 0.611. The first kappa shape index (κ1) is 16.4. The monoisotopic (exact) mass is 318 g/mol. The third-order valence-electron chi connectivity index (χ3n) is 4.68. The largest absolute Gasteiger partial charge is 0.382 e. The van der Waals surface area contributed by atoms with E-state index in [2.05, 4.69) is 29.2 Å². The molecule has 126 valence electrons. The SMILES string of the molecule is COCC1CN(C(=O)C2CCCN2Cc2ccccc2)CCO1. The van der Waals surface area contributed by atoms with Gasteiger partial charge in [-0.15, -0.1) is 0 Å². The third kappa shape index (κ3) is 4.10. The lowest BCUT2D eigenvalue weighted by atomic mass is 10.1. The summed E-state index contributed by atoms with van der Waals surface area (Å²) in [4.78, 5) is 17.2. The number of nitrogens with zero attached hydrogens (tertiary/aromatic N) is 2. The van der Waals surface area contributed by atoms with Gasteiger partial charge in [-0.05, 0) is 24.9 Å². The number of carbonyl (C=O) groups excluding carboxylic acids is 1. The van der Waals surface area contributed by atoms with Gasteiger partial charge in [0.1, 0.15) is 0 Å². The zero-order valence-electron chi connectivity index (χ0n) is 13.8. The van der Waals surface area contributed by atoms with Gasteiger partial charge in [-0.3, -0.25) is 9.69 Å². The van der Waals surface area contributed by atoms with Crippen LogP contribution in [-0.2, 0) is 20.8 Å². The molecule has 5 nitrogen and oxygen atoms in total. The minimum Gasteiger partial charge on any atom is -0.382 e. The van der Waals surface area contributed by atoms with Crippen LogP contribution in [0.4, 0.5) is 0 Å². The van der Waals surface area contributed by atoms with Crippen molar-refractivity contribution >= 4 is 5.91 Å². The first-order valence-corrected chi connectivity index (χ1v) is 8.45. The molecule has 23 heavy (non-hydrogen) atoms. The number of ether oxygens (including phenoxy) is 2. The predicted octanol–water partition coefficient (Wildman–Crippen LogP) is 1.52. The van der Waals surface area contributed by atoms with Crippen molar-refractivity contribution < 1.29 is 14.3 Å². The molecule has 0 N–H and O–H groups in total. The molecule has 2 unspecified atom stereocenters. The summed E-state index contributed by atoms with van der Waals surface area (Å²) >= 11 is 0. The van der Waals surface area contributed by atoms with Crippen molar-refractivity contribution in [2.45, 2.75) is 31.5 Å². The van der Waals surface area contributed by atoms with E-state index >= 15 is 0 Å². The summed E-state index contributed by atoms with van der Waals surface area (Å²) in [6.07, 6.45) is 2.05. The van der Waals surface area contributed by atoms with Crippen molar-refractivity contribution in [3.63, 3.8) is 0 Å². The van der Waals surface area contributed by atoms with Crippen LogP contribution < -0.4 is 0 Å². The predicted molar refractivity (Wildman–Crippen MR) is 88.1 cm³/mol. The molecule has 2 heterocycles. The Morgan fingerprint density at radius 1 is 1.30 bits per heavy atom. The topological polar surface area (TPSA) is 42.0 Å². The molecule has 3 rings (SSSR count). The van der Waals surface area contributed by atoms with Gasteiger partial charge in [-0.25, -0.2) is 0 Å². The molecule has 0 saturated carbocycles. The summed E-state index contributed by atoms with van der Waals surface area (Å²) in [5.41, 5.74) is 1.27. The Labute approximate surface area is 138 Å². The number of amides is 1. The normalized spacial score (nSPS) is 25.7. The number of rotatable bonds is 5. The number of carbonyl (C=O) groups is 1. The van der Waals surface area contributed by atoms with Crippen molar-refractivity contribution in [1.82, 2.24) is 9.80 Å². The van der Waals surface area contributed by atoms with Crippen LogP contribution in [0.3, 0.4) is 0 Å². The van der Waals surface area contributed by atoms with Crippen molar-refractivity contribution in [3.05, 3.63) is 35.9 Å². The molecule has 1 aromatic rings. The Morgan fingerprint density at radius 2 is 2.13 bits per heavy atom. The number of methoxy groups -OCH3 is 1. The zero-order valence-corrected chi connectivity index (χ0v) is 13.8. The Morgan fingerprint density at radius 3 is 2.91 bits per heavy atom. The molecule has 2 fully saturated rings. The molecule has 2 atom stereocenters. The number of hydrogen-bond acceptors (Lipinski definition) is 4. The van der Waals surface area contributed by atoms with E-state index in [0.717, 1.165) is 25.9 Å². The van der Waals surface area contributed by atoms with E-state index in [9.17, 15) is 4.79 Å². The quantitative estimate of drug-likeness (QED) is 0.826. The maximum absolute atomic E-state index is 12.9. The number of benzene rings is 1. The average molecular weight is 318 g/mol. The average Bonchev–Trinajstić information content (AvgIpc) is 3.04. The molecule has 0 radical (unpaired) electrons. The van der Waals surface area contributed by atoms with Gasteiger partial charge in [0.05, 0.1) is 25.4 Å². The van der Waals surface area contributed by atoms with E-state index in [0.29, 0.717) is 26.3 Å². The second-order valence-electron chi connectivity index (χ2n) is 6.35. The van der Waals surface area contributed by atoms with Crippen LogP contribution in [-0.4, -0.2) is 67.8 Å². The standard InChI is InChI=1S/C18H26N2O3/c1-22-14-16-13-20(10-11-23-16)18(21)17-8-5-9-19(17)12-15-6-3-2-4-7-15/h2-4,6-7,16-17H,5,8-14H2,1H3. The molecule has 2 aliphatic rings. The highest BCUT2D eigenvalue weighted by Gasteiger charge is 2.35. The molecule has 1 amide bonds. The van der Waals surface area contributed by atoms with Crippen LogP contribution in [0, 0.1) is 0 Å². The summed E-state index contributed by atoms with van der Waals surface area (Å²) in [5, 5.41) is 0. The van der Waals surface area contributed by atoms with Gasteiger partial charge in [0.25, 0.3) is 0 Å². The lowest BCUT2D eigenvalue weighted by Gasteiger charge is -2.36. The van der Waals surface area contributed by atoms with Crippen LogP contribution in [0.2, 0.25) is 0 Å². The van der Waals surface area contributed by atoms with Gasteiger partial charge >= 0.3 is 0 Å². The highest BCUT2D eigenvalue weighted by atomic mass is 16.5. The number of hydrogen-bond donors (Lipinski definition) is 0. The van der Waals surface area contributed by atoms with Gasteiger partial charge in [0.2, 0.25) is 5.91 Å². The molecule has 0 aromatic heterocycles. The van der Waals surface area contributed by atoms with Crippen LogP contribution in [0.5, 0.6) is 0 Å². The van der Waals surface area contributed by atoms with Crippen molar-refractivity contribution in [2.24, 2.45) is 0 Å². The first-order valence-electron chi connectivity index (χ1n) is 8.45. The van der Waals surface area contributed by atoms with Crippen LogP contribution in [0.1, 0.15) is 18.4 Å². The molecule has 5 heteroatoms. The molecular weight excluding hydrogens is 292 g/mol. The highest BCUT2D eigenvalue weighted by molar-refractivity contribution is 5.82. The number of morpholine rings is 1. The fourth-order valence-corrected chi connectivity index (χ4v) is 3.53. The molecule has 0 aliphatic carbocycles. The maximum atomic E-state index is 12.9. The summed E-state index contributed by atoms with van der Waals surface area (Å²) in [7, 11) is 1.67. The van der Waals surface area contributed by atoms with E-state index in [1.54, 1.807) is 7.11 Å². The molecular formula is C18H26N2O3. The van der Waals surface area contributed by atoms with Crippen molar-refractivity contribution in [1.29, 1.82) is 0 Å². The Kier molecular flexibility index (Phi) is 5.65. The molecule has 0 bridgehead atoms. The van der Waals surface area contributed by atoms with Gasteiger partial charge in [-0.2, -0.15) is 0 Å².